The molecule has 8 nitrogen and oxygen atoms in total. The third-order valence-corrected chi connectivity index (χ3v) is 8.91. The first-order valence-corrected chi connectivity index (χ1v) is 14.2. The van der Waals surface area contributed by atoms with E-state index in [1.54, 1.807) is 12.1 Å². The van der Waals surface area contributed by atoms with Gasteiger partial charge in [-0.2, -0.15) is 4.31 Å². The van der Waals surface area contributed by atoms with Gasteiger partial charge in [0.15, 0.2) is 0 Å². The number of carbonyl (C=O) groups excluding carboxylic acids is 1. The minimum atomic E-state index is -3.70. The van der Waals surface area contributed by atoms with Crippen molar-refractivity contribution in [1.82, 2.24) is 4.31 Å². The molecular weight excluding hydrogens is 462 g/mol. The van der Waals surface area contributed by atoms with Crippen molar-refractivity contribution in [2.24, 2.45) is 0 Å². The van der Waals surface area contributed by atoms with Gasteiger partial charge in [-0.05, 0) is 68.1 Å². The second-order valence-corrected chi connectivity index (χ2v) is 12.2. The molecule has 0 bridgehead atoms. The summed E-state index contributed by atoms with van der Waals surface area (Å²) in [5.41, 5.74) is 2.54. The molecular formula is C23H31N3O5S2. The normalized spacial score (nSPS) is 15.6. The van der Waals surface area contributed by atoms with Gasteiger partial charge in [-0.1, -0.05) is 25.0 Å². The first kappa shape index (κ1) is 25.2. The van der Waals surface area contributed by atoms with Crippen LogP contribution in [0.15, 0.2) is 47.4 Å². The zero-order valence-electron chi connectivity index (χ0n) is 19.2. The summed E-state index contributed by atoms with van der Waals surface area (Å²) in [4.78, 5) is 12.8. The zero-order valence-corrected chi connectivity index (χ0v) is 20.9. The molecule has 1 aliphatic heterocycles. The first-order valence-electron chi connectivity index (χ1n) is 10.9. The molecule has 10 heteroatoms. The minimum absolute atomic E-state index is 0.176. The Kier molecular flexibility index (Phi) is 7.81. The van der Waals surface area contributed by atoms with Crippen LogP contribution in [0.3, 0.4) is 0 Å². The van der Waals surface area contributed by atoms with Crippen LogP contribution in [0.25, 0.3) is 0 Å². The first-order chi connectivity index (χ1) is 15.5. The maximum atomic E-state index is 12.9. The summed E-state index contributed by atoms with van der Waals surface area (Å²) in [5, 5.41) is 2.66. The third-order valence-electron chi connectivity index (χ3n) is 5.87. The van der Waals surface area contributed by atoms with E-state index in [9.17, 15) is 21.6 Å². The Hall–Kier alpha value is -2.43. The van der Waals surface area contributed by atoms with Crippen molar-refractivity contribution < 1.29 is 21.6 Å². The highest BCUT2D eigenvalue weighted by Gasteiger charge is 2.26. The van der Waals surface area contributed by atoms with Gasteiger partial charge in [0.05, 0.1) is 16.8 Å². The van der Waals surface area contributed by atoms with Crippen LogP contribution in [0.5, 0.6) is 0 Å². The molecule has 1 amide bonds. The smallest absolute Gasteiger partial charge is 0.245 e. The fraction of sp³-hybridized carbons (Fsp3) is 0.435. The molecule has 1 saturated heterocycles. The molecule has 1 heterocycles. The number of nitrogens with one attached hydrogen (secondary N) is 1. The molecule has 0 spiro atoms. The molecule has 33 heavy (non-hydrogen) atoms. The van der Waals surface area contributed by atoms with E-state index in [-0.39, 0.29) is 4.90 Å². The van der Waals surface area contributed by atoms with Crippen molar-refractivity contribution in [3.05, 3.63) is 53.6 Å². The van der Waals surface area contributed by atoms with Crippen LogP contribution in [0.1, 0.15) is 36.8 Å². The molecule has 0 radical (unpaired) electrons. The average molecular weight is 494 g/mol. The predicted molar refractivity (Wildman–Crippen MR) is 130 cm³/mol. The number of amides is 1. The van der Waals surface area contributed by atoms with E-state index in [4.69, 9.17) is 0 Å². The van der Waals surface area contributed by atoms with Gasteiger partial charge < -0.3 is 5.32 Å². The lowest BCUT2D eigenvalue weighted by Crippen LogP contribution is -2.38. The van der Waals surface area contributed by atoms with Crippen LogP contribution in [-0.2, 0) is 24.8 Å². The Bertz CT molecular complexity index is 1200. The van der Waals surface area contributed by atoms with Gasteiger partial charge in [-0.15, -0.1) is 0 Å². The molecule has 180 valence electrons. The Morgan fingerprint density at radius 1 is 0.939 bits per heavy atom. The van der Waals surface area contributed by atoms with Crippen LogP contribution < -0.4 is 9.62 Å². The highest BCUT2D eigenvalue weighted by atomic mass is 32.2. The average Bonchev–Trinajstić information content (AvgIpc) is 3.04. The SMILES string of the molecule is Cc1cccc(N(CC(=O)Nc2ccc(S(=O)(=O)N3CCCCCC3)cc2)S(C)(=O)=O)c1C. The lowest BCUT2D eigenvalue weighted by Gasteiger charge is -2.24. The third kappa shape index (κ3) is 6.13. The summed E-state index contributed by atoms with van der Waals surface area (Å²) in [6, 6.07) is 11.3. The van der Waals surface area contributed by atoms with Gasteiger partial charge in [0, 0.05) is 18.8 Å². The number of sulfonamides is 2. The number of hydrogen-bond acceptors (Lipinski definition) is 5. The number of aryl methyl sites for hydroxylation is 1. The molecule has 3 rings (SSSR count). The number of rotatable bonds is 7. The summed E-state index contributed by atoms with van der Waals surface area (Å²) in [5.74, 6) is -0.524. The van der Waals surface area contributed by atoms with Crippen LogP contribution >= 0.6 is 0 Å². The molecule has 0 aliphatic carbocycles. The van der Waals surface area contributed by atoms with Gasteiger partial charge in [-0.3, -0.25) is 9.10 Å². The number of anilines is 2. The van der Waals surface area contributed by atoms with E-state index in [0.29, 0.717) is 24.5 Å². The van der Waals surface area contributed by atoms with E-state index < -0.39 is 32.5 Å². The van der Waals surface area contributed by atoms with Crippen LogP contribution in [-0.4, -0.2) is 52.9 Å². The van der Waals surface area contributed by atoms with E-state index in [1.807, 2.05) is 19.9 Å². The number of carbonyl (C=O) groups is 1. The van der Waals surface area contributed by atoms with Crippen molar-refractivity contribution in [3.8, 4) is 0 Å². The molecule has 2 aromatic carbocycles. The van der Waals surface area contributed by atoms with Crippen molar-refractivity contribution in [3.63, 3.8) is 0 Å². The highest BCUT2D eigenvalue weighted by molar-refractivity contribution is 7.92. The summed E-state index contributed by atoms with van der Waals surface area (Å²) in [6.45, 7) is 4.32. The maximum Gasteiger partial charge on any atom is 0.245 e. The van der Waals surface area contributed by atoms with E-state index >= 15 is 0 Å². The molecule has 0 saturated carbocycles. The number of benzene rings is 2. The van der Waals surface area contributed by atoms with Crippen molar-refractivity contribution in [2.75, 3.05) is 35.5 Å². The molecule has 1 aliphatic rings. The van der Waals surface area contributed by atoms with E-state index in [2.05, 4.69) is 5.32 Å². The second kappa shape index (κ2) is 10.2. The maximum absolute atomic E-state index is 12.9. The summed E-state index contributed by atoms with van der Waals surface area (Å²) < 4.78 is 53.2. The second-order valence-electron chi connectivity index (χ2n) is 8.38. The van der Waals surface area contributed by atoms with E-state index in [0.717, 1.165) is 47.4 Å². The minimum Gasteiger partial charge on any atom is -0.325 e. The van der Waals surface area contributed by atoms with Crippen molar-refractivity contribution in [2.45, 2.75) is 44.4 Å². The molecule has 0 aromatic heterocycles. The quantitative estimate of drug-likeness (QED) is 0.638. The topological polar surface area (TPSA) is 104 Å². The number of nitrogens with zero attached hydrogens (tertiary/aromatic N) is 2. The van der Waals surface area contributed by atoms with Crippen LogP contribution in [0, 0.1) is 13.8 Å². The Morgan fingerprint density at radius 2 is 1.55 bits per heavy atom. The standard InChI is InChI=1S/C23H31N3O5S2/c1-18-9-8-10-22(19(18)2)26(32(3,28)29)17-23(27)24-20-11-13-21(14-12-20)33(30,31)25-15-6-4-5-7-16-25/h8-14H,4-7,15-17H2,1-3H3,(H,24,27). The van der Waals surface area contributed by atoms with Gasteiger partial charge >= 0.3 is 0 Å². The summed E-state index contributed by atoms with van der Waals surface area (Å²) >= 11 is 0. The highest BCUT2D eigenvalue weighted by Crippen LogP contribution is 2.25. The molecule has 2 aromatic rings. The fourth-order valence-corrected chi connectivity index (χ4v) is 6.28. The van der Waals surface area contributed by atoms with Crippen LogP contribution in [0.2, 0.25) is 0 Å². The summed E-state index contributed by atoms with van der Waals surface area (Å²) in [6.07, 6.45) is 4.83. The largest absolute Gasteiger partial charge is 0.325 e. The Morgan fingerprint density at radius 3 is 2.12 bits per heavy atom. The Balaban J connectivity index is 1.74. The summed E-state index contributed by atoms with van der Waals surface area (Å²) in [7, 11) is -7.28. The van der Waals surface area contributed by atoms with Gasteiger partial charge in [0.1, 0.15) is 6.54 Å². The van der Waals surface area contributed by atoms with Gasteiger partial charge in [-0.25, -0.2) is 16.8 Å². The van der Waals surface area contributed by atoms with Crippen molar-refractivity contribution >= 4 is 37.3 Å². The predicted octanol–water partition coefficient (Wildman–Crippen LogP) is 3.27. The Labute approximate surface area is 196 Å². The monoisotopic (exact) mass is 493 g/mol. The molecule has 0 atom stereocenters. The fourth-order valence-electron chi connectivity index (χ4n) is 3.86. The number of hydrogen-bond donors (Lipinski definition) is 1. The molecule has 1 N–H and O–H groups in total. The molecule has 1 fully saturated rings. The van der Waals surface area contributed by atoms with Gasteiger partial charge in [0.2, 0.25) is 26.0 Å². The van der Waals surface area contributed by atoms with Crippen LogP contribution in [0.4, 0.5) is 11.4 Å². The zero-order chi connectivity index (χ0) is 24.2. The van der Waals surface area contributed by atoms with Gasteiger partial charge in [0.25, 0.3) is 0 Å². The van der Waals surface area contributed by atoms with Crippen molar-refractivity contribution in [1.29, 1.82) is 0 Å². The van der Waals surface area contributed by atoms with E-state index in [1.165, 1.54) is 28.6 Å². The lowest BCUT2D eigenvalue weighted by atomic mass is 10.1. The lowest BCUT2D eigenvalue weighted by molar-refractivity contribution is -0.114. The molecule has 0 unspecified atom stereocenters.